The monoisotopic (exact) mass is 468 g/mol. The van der Waals surface area contributed by atoms with Crippen molar-refractivity contribution in [3.8, 4) is 5.75 Å². The summed E-state index contributed by atoms with van der Waals surface area (Å²) in [5, 5.41) is 20.8. The van der Waals surface area contributed by atoms with Crippen LogP contribution in [0.4, 0.5) is 0 Å². The second-order valence-electron chi connectivity index (χ2n) is 8.50. The normalized spacial score (nSPS) is 16.9. The topological polar surface area (TPSA) is 96.0 Å². The Bertz CT molecular complexity index is 1190. The van der Waals surface area contributed by atoms with Crippen molar-refractivity contribution in [2.75, 3.05) is 26.0 Å². The lowest BCUT2D eigenvalue weighted by Gasteiger charge is -2.38. The van der Waals surface area contributed by atoms with E-state index in [4.69, 9.17) is 10.5 Å². The second kappa shape index (κ2) is 8.39. The van der Waals surface area contributed by atoms with E-state index >= 15 is 0 Å². The highest BCUT2D eigenvalue weighted by Crippen LogP contribution is 2.46. The van der Waals surface area contributed by atoms with Gasteiger partial charge >= 0.3 is 7.12 Å². The zero-order valence-corrected chi connectivity index (χ0v) is 19.5. The molecular weight excluding hydrogens is 443 g/mol. The summed E-state index contributed by atoms with van der Waals surface area (Å²) < 4.78 is 7.00. The molecule has 2 aromatic carbocycles. The molecule has 1 amide bonds. The zero-order valence-electron chi connectivity index (χ0n) is 17.8. The first-order chi connectivity index (χ1) is 15.5. The van der Waals surface area contributed by atoms with Crippen LogP contribution in [-0.2, 0) is 12.0 Å². The second-order valence-corrected chi connectivity index (χ2v) is 10.6. The van der Waals surface area contributed by atoms with Crippen molar-refractivity contribution in [2.45, 2.75) is 29.0 Å². The van der Waals surface area contributed by atoms with E-state index in [1.54, 1.807) is 23.9 Å². The number of carbonyl (C=O) groups is 1. The molecule has 0 unspecified atom stereocenters. The van der Waals surface area contributed by atoms with E-state index in [1.807, 2.05) is 29.4 Å². The van der Waals surface area contributed by atoms with Crippen molar-refractivity contribution >= 4 is 52.4 Å². The number of rotatable bonds is 4. The molecule has 9 heteroatoms. The van der Waals surface area contributed by atoms with Gasteiger partial charge in [0.05, 0.1) is 10.8 Å². The van der Waals surface area contributed by atoms with E-state index in [1.165, 1.54) is 16.9 Å². The van der Waals surface area contributed by atoms with Gasteiger partial charge in [-0.15, -0.1) is 23.1 Å². The van der Waals surface area contributed by atoms with Crippen LogP contribution >= 0.6 is 23.1 Å². The number of piperidine rings is 1. The van der Waals surface area contributed by atoms with Gasteiger partial charge in [0.1, 0.15) is 10.6 Å². The third-order valence-corrected chi connectivity index (χ3v) is 9.09. The van der Waals surface area contributed by atoms with Gasteiger partial charge in [-0.3, -0.25) is 4.79 Å². The zero-order chi connectivity index (χ0) is 22.5. The van der Waals surface area contributed by atoms with Crippen LogP contribution in [0.15, 0.2) is 40.6 Å². The van der Waals surface area contributed by atoms with Gasteiger partial charge in [0.25, 0.3) is 5.91 Å². The van der Waals surface area contributed by atoms with E-state index < -0.39 is 7.12 Å². The molecule has 3 aromatic rings. The number of likely N-dealkylation sites (tertiary alicyclic amines) is 1. The van der Waals surface area contributed by atoms with Gasteiger partial charge in [0.2, 0.25) is 0 Å². The number of nitrogens with zero attached hydrogens (tertiary/aromatic N) is 1. The molecule has 5 rings (SSSR count). The lowest BCUT2D eigenvalue weighted by molar-refractivity contribution is 0.0653. The Kier molecular flexibility index (Phi) is 5.71. The lowest BCUT2D eigenvalue weighted by Crippen LogP contribution is -2.45. The maximum atomic E-state index is 13.5. The summed E-state index contributed by atoms with van der Waals surface area (Å²) in [6, 6.07) is 11.5. The SMILES string of the molecule is CSc1sc(C(=O)N2CCC3(CC2)COc2ccc(CN)cc23)c2ccc(B(O)O)cc12. The molecule has 6 nitrogen and oxygen atoms in total. The molecular formula is C23H25BN2O4S2. The maximum Gasteiger partial charge on any atom is 0.488 e. The predicted octanol–water partition coefficient (Wildman–Crippen LogP) is 2.33. The van der Waals surface area contributed by atoms with Crippen molar-refractivity contribution in [1.29, 1.82) is 0 Å². The van der Waals surface area contributed by atoms with Crippen LogP contribution in [0.25, 0.3) is 10.8 Å². The Morgan fingerprint density at radius 2 is 2.00 bits per heavy atom. The largest absolute Gasteiger partial charge is 0.492 e. The predicted molar refractivity (Wildman–Crippen MR) is 130 cm³/mol. The first-order valence-electron chi connectivity index (χ1n) is 10.7. The molecule has 0 bridgehead atoms. The molecule has 166 valence electrons. The summed E-state index contributed by atoms with van der Waals surface area (Å²) in [6.45, 7) is 2.52. The Hall–Kier alpha value is -2.04. The summed E-state index contributed by atoms with van der Waals surface area (Å²) in [5.41, 5.74) is 8.57. The summed E-state index contributed by atoms with van der Waals surface area (Å²) in [6.07, 6.45) is 3.69. The molecule has 2 aliphatic rings. The molecule has 0 aliphatic carbocycles. The highest BCUT2D eigenvalue weighted by Gasteiger charge is 2.44. The molecule has 32 heavy (non-hydrogen) atoms. The van der Waals surface area contributed by atoms with Crippen LogP contribution < -0.4 is 15.9 Å². The minimum absolute atomic E-state index is 0.0438. The lowest BCUT2D eigenvalue weighted by atomic mass is 9.74. The van der Waals surface area contributed by atoms with E-state index in [-0.39, 0.29) is 11.3 Å². The molecule has 1 saturated heterocycles. The average Bonchev–Trinajstić information content (AvgIpc) is 3.37. The third-order valence-electron chi connectivity index (χ3n) is 6.74. The van der Waals surface area contributed by atoms with Crippen LogP contribution in [0.3, 0.4) is 0 Å². The number of carbonyl (C=O) groups excluding carboxylic acids is 1. The molecule has 1 spiro atoms. The highest BCUT2D eigenvalue weighted by molar-refractivity contribution is 8.00. The molecule has 0 saturated carbocycles. The average molecular weight is 468 g/mol. The van der Waals surface area contributed by atoms with Crippen LogP contribution in [0.2, 0.25) is 0 Å². The third kappa shape index (κ3) is 3.52. The minimum atomic E-state index is -1.53. The molecule has 1 aromatic heterocycles. The molecule has 2 aliphatic heterocycles. The number of nitrogens with two attached hydrogens (primary N) is 1. The molecule has 1 fully saturated rings. The van der Waals surface area contributed by atoms with Gasteiger partial charge in [-0.1, -0.05) is 30.3 Å². The van der Waals surface area contributed by atoms with Crippen LogP contribution in [0.5, 0.6) is 5.75 Å². The first-order valence-corrected chi connectivity index (χ1v) is 12.7. The fourth-order valence-electron chi connectivity index (χ4n) is 4.84. The fourth-order valence-corrected chi connectivity index (χ4v) is 6.78. The smallest absolute Gasteiger partial charge is 0.488 e. The van der Waals surface area contributed by atoms with Crippen LogP contribution in [-0.4, -0.2) is 53.9 Å². The summed E-state index contributed by atoms with van der Waals surface area (Å²) in [7, 11) is -1.53. The standard InChI is InChI=1S/C23H25BN2O4S2/c1-31-22-17-11-15(24(28)29)3-4-16(17)20(32-22)21(27)26-8-6-23(7-9-26)13-30-19-5-2-14(12-25)10-18(19)23/h2-5,10-11,28-29H,6-9,12-13,25H2,1H3. The van der Waals surface area contributed by atoms with Gasteiger partial charge in [0, 0.05) is 41.4 Å². The van der Waals surface area contributed by atoms with Gasteiger partial charge in [-0.2, -0.15) is 0 Å². The van der Waals surface area contributed by atoms with Crippen molar-refractivity contribution in [1.82, 2.24) is 4.90 Å². The Morgan fingerprint density at radius 1 is 1.22 bits per heavy atom. The first kappa shape index (κ1) is 21.8. The number of thiophene rings is 1. The fraction of sp³-hybridized carbons (Fsp3) is 0.348. The van der Waals surface area contributed by atoms with Crippen LogP contribution in [0, 0.1) is 0 Å². The Labute approximate surface area is 195 Å². The Balaban J connectivity index is 1.40. The molecule has 3 heterocycles. The number of ether oxygens (including phenoxy) is 1. The van der Waals surface area contributed by atoms with Crippen molar-refractivity contribution in [3.05, 3.63) is 52.4 Å². The number of fused-ring (bicyclic) bond motifs is 3. The summed E-state index contributed by atoms with van der Waals surface area (Å²) in [4.78, 5) is 16.2. The number of hydrogen-bond donors (Lipinski definition) is 3. The minimum Gasteiger partial charge on any atom is -0.492 e. The van der Waals surface area contributed by atoms with Crippen molar-refractivity contribution < 1.29 is 19.6 Å². The van der Waals surface area contributed by atoms with E-state index in [0.717, 1.165) is 39.1 Å². The molecule has 4 N–H and O–H groups in total. The van der Waals surface area contributed by atoms with Gasteiger partial charge in [-0.25, -0.2) is 0 Å². The highest BCUT2D eigenvalue weighted by atomic mass is 32.2. The quantitative estimate of drug-likeness (QED) is 0.402. The Morgan fingerprint density at radius 3 is 2.69 bits per heavy atom. The summed E-state index contributed by atoms with van der Waals surface area (Å²) in [5.74, 6) is 0.986. The van der Waals surface area contributed by atoms with Gasteiger partial charge in [-0.05, 0) is 36.2 Å². The van der Waals surface area contributed by atoms with E-state index in [9.17, 15) is 14.8 Å². The number of hydrogen-bond acceptors (Lipinski definition) is 7. The molecule has 0 radical (unpaired) electrons. The van der Waals surface area contributed by atoms with E-state index in [2.05, 4.69) is 6.07 Å². The number of thioether (sulfide) groups is 1. The van der Waals surface area contributed by atoms with E-state index in [0.29, 0.717) is 36.6 Å². The van der Waals surface area contributed by atoms with Crippen molar-refractivity contribution in [3.63, 3.8) is 0 Å². The molecule has 0 atom stereocenters. The maximum absolute atomic E-state index is 13.5. The van der Waals surface area contributed by atoms with Gasteiger partial charge in [0.15, 0.2) is 0 Å². The number of amides is 1. The van der Waals surface area contributed by atoms with Crippen molar-refractivity contribution in [2.24, 2.45) is 5.73 Å². The number of benzene rings is 2. The van der Waals surface area contributed by atoms with Gasteiger partial charge < -0.3 is 25.4 Å². The summed E-state index contributed by atoms with van der Waals surface area (Å²) >= 11 is 3.05. The van der Waals surface area contributed by atoms with Crippen LogP contribution in [0.1, 0.15) is 33.6 Å².